The molecule has 2 heterocycles. The number of nitrogens with zero attached hydrogens (tertiary/aromatic N) is 3. The molecule has 0 N–H and O–H groups in total. The maximum Gasteiger partial charge on any atom is 0.274 e. The Bertz CT molecular complexity index is 702. The second-order valence-electron chi connectivity index (χ2n) is 5.74. The molecule has 1 aliphatic rings. The minimum absolute atomic E-state index is 0.0741. The predicted octanol–water partition coefficient (Wildman–Crippen LogP) is -0.324. The van der Waals surface area contributed by atoms with Gasteiger partial charge in [0.15, 0.2) is 9.84 Å². The smallest absolute Gasteiger partial charge is 0.274 e. The summed E-state index contributed by atoms with van der Waals surface area (Å²) in [6.45, 7) is 4.10. The Morgan fingerprint density at radius 2 is 2.00 bits per heavy atom. The molecule has 1 saturated heterocycles. The van der Waals surface area contributed by atoms with Crippen LogP contribution in [-0.2, 0) is 16.9 Å². The van der Waals surface area contributed by atoms with E-state index < -0.39 is 15.1 Å². The number of likely N-dealkylation sites (tertiary alicyclic amines) is 1. The van der Waals surface area contributed by atoms with Crippen LogP contribution in [0.3, 0.4) is 0 Å². The zero-order chi connectivity index (χ0) is 15.8. The van der Waals surface area contributed by atoms with E-state index in [4.69, 9.17) is 0 Å². The lowest BCUT2D eigenvalue weighted by Gasteiger charge is -2.38. The molecule has 0 radical (unpaired) electrons. The molecule has 0 saturated carbocycles. The average molecular weight is 313 g/mol. The molecule has 0 aromatic carbocycles. The van der Waals surface area contributed by atoms with Crippen LogP contribution in [0.4, 0.5) is 0 Å². The van der Waals surface area contributed by atoms with Gasteiger partial charge in [-0.05, 0) is 12.0 Å². The Morgan fingerprint density at radius 3 is 2.52 bits per heavy atom. The van der Waals surface area contributed by atoms with Gasteiger partial charge in [-0.1, -0.05) is 13.8 Å². The van der Waals surface area contributed by atoms with Crippen LogP contribution in [0.2, 0.25) is 0 Å². The first kappa shape index (κ1) is 15.7. The first-order valence-electron chi connectivity index (χ1n) is 6.76. The third kappa shape index (κ3) is 3.31. The van der Waals surface area contributed by atoms with Crippen molar-refractivity contribution in [1.82, 2.24) is 14.7 Å². The lowest BCUT2D eigenvalue weighted by atomic mass is 10.2. The third-order valence-electron chi connectivity index (χ3n) is 3.39. The van der Waals surface area contributed by atoms with Crippen molar-refractivity contribution >= 4 is 15.7 Å². The Morgan fingerprint density at radius 1 is 1.38 bits per heavy atom. The van der Waals surface area contributed by atoms with E-state index in [2.05, 4.69) is 5.10 Å². The summed E-state index contributed by atoms with van der Waals surface area (Å²) in [6, 6.07) is 2.63. The molecule has 2 rings (SSSR count). The molecule has 116 valence electrons. The van der Waals surface area contributed by atoms with Crippen molar-refractivity contribution in [2.24, 2.45) is 13.0 Å². The van der Waals surface area contributed by atoms with Crippen LogP contribution in [0.5, 0.6) is 0 Å². The topological polar surface area (TPSA) is 89.3 Å². The van der Waals surface area contributed by atoms with Crippen LogP contribution in [0.25, 0.3) is 0 Å². The Balaban J connectivity index is 2.02. The molecule has 1 amide bonds. The minimum atomic E-state index is -3.16. The van der Waals surface area contributed by atoms with Crippen LogP contribution in [0, 0.1) is 5.92 Å². The number of aryl methyl sites for hydroxylation is 1. The normalized spacial score (nSPS) is 16.1. The highest BCUT2D eigenvalue weighted by Crippen LogP contribution is 2.20. The van der Waals surface area contributed by atoms with Crippen LogP contribution in [-0.4, -0.2) is 53.1 Å². The highest BCUT2D eigenvalue weighted by Gasteiger charge is 2.40. The molecule has 0 bridgehead atoms. The molecule has 8 heteroatoms. The standard InChI is InChI=1S/C13H19N3O4S/c1-9(2)8-21(19,20)10-6-16(7-10)13(18)11-4-5-12(17)15(3)14-11/h4-5,9-10H,6-8H2,1-3H3. The number of aromatic nitrogens is 2. The highest BCUT2D eigenvalue weighted by atomic mass is 32.2. The lowest BCUT2D eigenvalue weighted by molar-refractivity contribution is 0.0650. The Kier molecular flexibility index (Phi) is 4.18. The summed E-state index contributed by atoms with van der Waals surface area (Å²) in [6.07, 6.45) is 0. The zero-order valence-electron chi connectivity index (χ0n) is 12.3. The number of rotatable bonds is 4. The highest BCUT2D eigenvalue weighted by molar-refractivity contribution is 7.92. The molecule has 0 atom stereocenters. The van der Waals surface area contributed by atoms with Gasteiger partial charge in [0.1, 0.15) is 5.69 Å². The summed E-state index contributed by atoms with van der Waals surface area (Å²) >= 11 is 0. The molecule has 1 aromatic rings. The fourth-order valence-corrected chi connectivity index (χ4v) is 4.23. The van der Waals surface area contributed by atoms with Gasteiger partial charge in [0.2, 0.25) is 0 Å². The van der Waals surface area contributed by atoms with Crippen LogP contribution < -0.4 is 5.56 Å². The minimum Gasteiger partial charge on any atom is -0.335 e. The molecule has 21 heavy (non-hydrogen) atoms. The van der Waals surface area contributed by atoms with Crippen molar-refractivity contribution in [3.63, 3.8) is 0 Å². The summed E-state index contributed by atoms with van der Waals surface area (Å²) in [4.78, 5) is 24.8. The van der Waals surface area contributed by atoms with Gasteiger partial charge in [0.05, 0.1) is 11.0 Å². The van der Waals surface area contributed by atoms with Gasteiger partial charge in [-0.15, -0.1) is 0 Å². The van der Waals surface area contributed by atoms with Gasteiger partial charge < -0.3 is 4.90 Å². The summed E-state index contributed by atoms with van der Waals surface area (Å²) in [7, 11) is -1.69. The van der Waals surface area contributed by atoms with E-state index in [1.165, 1.54) is 24.1 Å². The predicted molar refractivity (Wildman–Crippen MR) is 77.8 cm³/mol. The van der Waals surface area contributed by atoms with Crippen molar-refractivity contribution in [2.45, 2.75) is 19.1 Å². The van der Waals surface area contributed by atoms with Gasteiger partial charge in [0, 0.05) is 26.2 Å². The average Bonchev–Trinajstić information content (AvgIpc) is 2.28. The van der Waals surface area contributed by atoms with Crippen LogP contribution in [0.15, 0.2) is 16.9 Å². The van der Waals surface area contributed by atoms with Crippen molar-refractivity contribution < 1.29 is 13.2 Å². The van der Waals surface area contributed by atoms with Gasteiger partial charge in [0.25, 0.3) is 11.5 Å². The lowest BCUT2D eigenvalue weighted by Crippen LogP contribution is -2.57. The van der Waals surface area contributed by atoms with Crippen LogP contribution in [0.1, 0.15) is 24.3 Å². The molecule has 1 fully saturated rings. The quantitative estimate of drug-likeness (QED) is 0.760. The van der Waals surface area contributed by atoms with Gasteiger partial charge >= 0.3 is 0 Å². The second kappa shape index (κ2) is 5.59. The molecule has 1 aromatic heterocycles. The van der Waals surface area contributed by atoms with Gasteiger partial charge in [-0.3, -0.25) is 9.59 Å². The van der Waals surface area contributed by atoms with Crippen molar-refractivity contribution in [3.05, 3.63) is 28.2 Å². The van der Waals surface area contributed by atoms with E-state index >= 15 is 0 Å². The molecule has 0 aliphatic carbocycles. The molecule has 0 unspecified atom stereocenters. The first-order valence-corrected chi connectivity index (χ1v) is 8.47. The number of amides is 1. The Hall–Kier alpha value is -1.70. The van der Waals surface area contributed by atoms with E-state index in [1.807, 2.05) is 13.8 Å². The number of hydrogen-bond donors (Lipinski definition) is 0. The SMILES string of the molecule is CC(C)CS(=O)(=O)C1CN(C(=O)c2ccc(=O)n(C)n2)C1. The van der Waals surface area contributed by atoms with Gasteiger partial charge in [-0.25, -0.2) is 13.1 Å². The van der Waals surface area contributed by atoms with E-state index in [1.54, 1.807) is 0 Å². The molecular weight excluding hydrogens is 294 g/mol. The summed E-state index contributed by atoms with van der Waals surface area (Å²) < 4.78 is 25.1. The van der Waals surface area contributed by atoms with Gasteiger partial charge in [-0.2, -0.15) is 5.10 Å². The van der Waals surface area contributed by atoms with Crippen molar-refractivity contribution in [3.8, 4) is 0 Å². The number of carbonyl (C=O) groups excluding carboxylic acids is 1. The monoisotopic (exact) mass is 313 g/mol. The zero-order valence-corrected chi connectivity index (χ0v) is 13.1. The second-order valence-corrected chi connectivity index (χ2v) is 8.06. The molecule has 7 nitrogen and oxygen atoms in total. The number of carbonyl (C=O) groups is 1. The van der Waals surface area contributed by atoms with E-state index in [-0.39, 0.29) is 41.9 Å². The number of hydrogen-bond acceptors (Lipinski definition) is 5. The van der Waals surface area contributed by atoms with E-state index in [9.17, 15) is 18.0 Å². The van der Waals surface area contributed by atoms with Crippen molar-refractivity contribution in [1.29, 1.82) is 0 Å². The summed E-state index contributed by atoms with van der Waals surface area (Å²) in [5, 5.41) is 3.39. The first-order chi connectivity index (χ1) is 9.70. The maximum absolute atomic E-state index is 12.1. The molecule has 0 spiro atoms. The summed E-state index contributed by atoms with van der Waals surface area (Å²) in [5.74, 6) is -0.135. The largest absolute Gasteiger partial charge is 0.335 e. The fourth-order valence-electron chi connectivity index (χ4n) is 2.21. The third-order valence-corrected chi connectivity index (χ3v) is 5.83. The molecule has 1 aliphatic heterocycles. The Labute approximate surface area is 123 Å². The maximum atomic E-state index is 12.1. The molecular formula is C13H19N3O4S. The fraction of sp³-hybridized carbons (Fsp3) is 0.615. The number of sulfone groups is 1. The van der Waals surface area contributed by atoms with E-state index in [0.717, 1.165) is 4.68 Å². The van der Waals surface area contributed by atoms with E-state index in [0.29, 0.717) is 0 Å². The summed E-state index contributed by atoms with van der Waals surface area (Å²) in [5.41, 5.74) is -0.149. The van der Waals surface area contributed by atoms with Crippen molar-refractivity contribution in [2.75, 3.05) is 18.8 Å². The van der Waals surface area contributed by atoms with Crippen LogP contribution >= 0.6 is 0 Å².